The number of rotatable bonds is 2. The summed E-state index contributed by atoms with van der Waals surface area (Å²) in [7, 11) is 0. The summed E-state index contributed by atoms with van der Waals surface area (Å²) >= 11 is 0. The number of hydrogen-bond acceptors (Lipinski definition) is 0. The van der Waals surface area contributed by atoms with Crippen molar-refractivity contribution in [1.82, 2.24) is 0 Å². The van der Waals surface area contributed by atoms with Crippen LogP contribution in [0.2, 0.25) is 0 Å². The lowest BCUT2D eigenvalue weighted by Crippen LogP contribution is -3.00. The molecule has 2 N–H and O–H groups in total. The van der Waals surface area contributed by atoms with E-state index in [1.54, 1.807) is 11.1 Å². The Labute approximate surface area is 133 Å². The number of benzene rings is 1. The highest BCUT2D eigenvalue weighted by Crippen LogP contribution is 2.34. The first-order chi connectivity index (χ1) is 8.83. The van der Waals surface area contributed by atoms with Crippen molar-refractivity contribution in [2.75, 3.05) is 0 Å². The highest BCUT2D eigenvalue weighted by molar-refractivity contribution is 5.32. The Morgan fingerprint density at radius 1 is 1.21 bits per heavy atom. The molecule has 104 valence electrons. The van der Waals surface area contributed by atoms with Crippen LogP contribution in [0.15, 0.2) is 36.9 Å². The molecule has 1 aromatic rings. The predicted octanol–water partition coefficient (Wildman–Crippen LogP) is 0.130. The van der Waals surface area contributed by atoms with E-state index in [2.05, 4.69) is 42.2 Å². The molecule has 1 saturated carbocycles. The van der Waals surface area contributed by atoms with E-state index < -0.39 is 0 Å². The summed E-state index contributed by atoms with van der Waals surface area (Å²) in [6.45, 7) is 3.94. The van der Waals surface area contributed by atoms with Crippen molar-refractivity contribution in [2.45, 2.75) is 56.5 Å². The fourth-order valence-electron chi connectivity index (χ4n) is 3.99. The van der Waals surface area contributed by atoms with Gasteiger partial charge >= 0.3 is 0 Å². The predicted molar refractivity (Wildman–Crippen MR) is 75.4 cm³/mol. The minimum atomic E-state index is 0. The smallest absolute Gasteiger partial charge is 0.116 e. The summed E-state index contributed by atoms with van der Waals surface area (Å²) in [6.07, 6.45) is 11.5. The highest BCUT2D eigenvalue weighted by atomic mass is 127. The molecule has 3 rings (SSSR count). The molecule has 0 aromatic heterocycles. The van der Waals surface area contributed by atoms with Crippen LogP contribution in [0.25, 0.3) is 0 Å². The van der Waals surface area contributed by atoms with E-state index in [1.165, 1.54) is 38.5 Å². The molecule has 0 radical (unpaired) electrons. The summed E-state index contributed by atoms with van der Waals surface area (Å²) in [6, 6.07) is 9.64. The molecule has 2 heteroatoms. The number of halogens is 1. The second kappa shape index (κ2) is 6.40. The van der Waals surface area contributed by atoms with Crippen LogP contribution < -0.4 is 29.3 Å². The molecule has 0 saturated heterocycles. The summed E-state index contributed by atoms with van der Waals surface area (Å²) in [5.41, 5.74) is 3.64. The van der Waals surface area contributed by atoms with Gasteiger partial charge in [0.1, 0.15) is 11.6 Å². The standard InChI is InChI=1S/C17H23N.HI/c1-2-8-16-15-10-5-4-9-14(15)13-17(18-16)11-6-3-7-12-17;/h2,4-5,9-10,16,18H,1,3,6-8,11-13H2;1H. The molecule has 2 aliphatic rings. The molecule has 1 spiro atoms. The average molecular weight is 369 g/mol. The molecular weight excluding hydrogens is 345 g/mol. The van der Waals surface area contributed by atoms with Gasteiger partial charge in [-0.15, -0.1) is 6.58 Å². The van der Waals surface area contributed by atoms with Gasteiger partial charge in [-0.3, -0.25) is 0 Å². The molecule has 1 fully saturated rings. The van der Waals surface area contributed by atoms with Crippen molar-refractivity contribution >= 4 is 0 Å². The van der Waals surface area contributed by atoms with Crippen LogP contribution in [0.1, 0.15) is 55.7 Å². The summed E-state index contributed by atoms with van der Waals surface area (Å²) < 4.78 is 0. The molecule has 1 aromatic carbocycles. The van der Waals surface area contributed by atoms with Crippen molar-refractivity contribution in [3.8, 4) is 0 Å². The van der Waals surface area contributed by atoms with Crippen LogP contribution in [0, 0.1) is 0 Å². The van der Waals surface area contributed by atoms with Crippen molar-refractivity contribution in [3.63, 3.8) is 0 Å². The lowest BCUT2D eigenvalue weighted by molar-refractivity contribution is -0.769. The van der Waals surface area contributed by atoms with Crippen LogP contribution in [0.4, 0.5) is 0 Å². The van der Waals surface area contributed by atoms with Gasteiger partial charge in [-0.05, 0) is 18.4 Å². The minimum Gasteiger partial charge on any atom is -1.00 e. The highest BCUT2D eigenvalue weighted by Gasteiger charge is 2.42. The first-order valence-corrected chi connectivity index (χ1v) is 7.38. The largest absolute Gasteiger partial charge is 1.00 e. The van der Waals surface area contributed by atoms with E-state index in [9.17, 15) is 0 Å². The molecule has 1 heterocycles. The maximum Gasteiger partial charge on any atom is 0.116 e. The Morgan fingerprint density at radius 3 is 2.68 bits per heavy atom. The lowest BCUT2D eigenvalue weighted by Gasteiger charge is -2.42. The van der Waals surface area contributed by atoms with Crippen molar-refractivity contribution in [1.29, 1.82) is 0 Å². The topological polar surface area (TPSA) is 16.6 Å². The third-order valence-corrected chi connectivity index (χ3v) is 4.82. The molecule has 1 aliphatic carbocycles. The van der Waals surface area contributed by atoms with E-state index in [4.69, 9.17) is 0 Å². The lowest BCUT2D eigenvalue weighted by atomic mass is 9.72. The van der Waals surface area contributed by atoms with Crippen LogP contribution in [0.3, 0.4) is 0 Å². The van der Waals surface area contributed by atoms with Gasteiger partial charge < -0.3 is 29.3 Å². The summed E-state index contributed by atoms with van der Waals surface area (Å²) in [5, 5.41) is 2.68. The van der Waals surface area contributed by atoms with Gasteiger partial charge in [0.2, 0.25) is 0 Å². The van der Waals surface area contributed by atoms with E-state index in [0.717, 1.165) is 6.42 Å². The maximum atomic E-state index is 3.94. The molecule has 19 heavy (non-hydrogen) atoms. The maximum absolute atomic E-state index is 3.94. The molecule has 1 nitrogen and oxygen atoms in total. The van der Waals surface area contributed by atoms with Crippen molar-refractivity contribution in [2.24, 2.45) is 0 Å². The van der Waals surface area contributed by atoms with E-state index in [0.29, 0.717) is 11.6 Å². The van der Waals surface area contributed by atoms with Gasteiger partial charge in [0.25, 0.3) is 0 Å². The first kappa shape index (κ1) is 15.0. The fourth-order valence-corrected chi connectivity index (χ4v) is 3.99. The van der Waals surface area contributed by atoms with E-state index in [1.807, 2.05) is 0 Å². The van der Waals surface area contributed by atoms with Gasteiger partial charge in [-0.25, -0.2) is 0 Å². The normalized spacial score (nSPS) is 24.3. The molecule has 0 bridgehead atoms. The zero-order chi connectivity index (χ0) is 12.4. The number of fused-ring (bicyclic) bond motifs is 1. The third kappa shape index (κ3) is 3.05. The Bertz CT molecular complexity index is 435. The van der Waals surface area contributed by atoms with E-state index in [-0.39, 0.29) is 24.0 Å². The second-order valence-electron chi connectivity index (χ2n) is 6.10. The summed E-state index contributed by atoms with van der Waals surface area (Å²) in [4.78, 5) is 0. The Hall–Kier alpha value is -0.350. The third-order valence-electron chi connectivity index (χ3n) is 4.82. The minimum absolute atomic E-state index is 0. The Morgan fingerprint density at radius 2 is 1.95 bits per heavy atom. The van der Waals surface area contributed by atoms with Crippen molar-refractivity contribution in [3.05, 3.63) is 48.0 Å². The zero-order valence-electron chi connectivity index (χ0n) is 11.6. The average Bonchev–Trinajstić information content (AvgIpc) is 2.40. The van der Waals surface area contributed by atoms with Gasteiger partial charge in [-0.1, -0.05) is 36.8 Å². The second-order valence-corrected chi connectivity index (χ2v) is 6.10. The van der Waals surface area contributed by atoms with Crippen molar-refractivity contribution < 1.29 is 29.3 Å². The summed E-state index contributed by atoms with van der Waals surface area (Å²) in [5.74, 6) is 0. The molecule has 0 amide bonds. The van der Waals surface area contributed by atoms with Gasteiger partial charge in [0.15, 0.2) is 0 Å². The van der Waals surface area contributed by atoms with Crippen LogP contribution in [-0.4, -0.2) is 5.54 Å². The first-order valence-electron chi connectivity index (χ1n) is 7.38. The van der Waals surface area contributed by atoms with Crippen LogP contribution in [0.5, 0.6) is 0 Å². The SMILES string of the molecule is C=CCC1[NH2+]C2(CCCCC2)Cc2ccccc21.[I-]. The van der Waals surface area contributed by atoms with E-state index >= 15 is 0 Å². The molecule has 1 unspecified atom stereocenters. The number of quaternary nitrogens is 1. The Balaban J connectivity index is 0.00000133. The number of hydrogen-bond donors (Lipinski definition) is 1. The quantitative estimate of drug-likeness (QED) is 0.564. The van der Waals surface area contributed by atoms with Crippen LogP contribution in [-0.2, 0) is 6.42 Å². The zero-order valence-corrected chi connectivity index (χ0v) is 13.7. The fraction of sp³-hybridized carbons (Fsp3) is 0.529. The van der Waals surface area contributed by atoms with Gasteiger partial charge in [0, 0.05) is 31.2 Å². The molecule has 1 aliphatic heterocycles. The van der Waals surface area contributed by atoms with Crippen LogP contribution >= 0.6 is 0 Å². The monoisotopic (exact) mass is 369 g/mol. The number of nitrogens with two attached hydrogens (primary N) is 1. The Kier molecular flexibility index (Phi) is 5.07. The molecular formula is C17H24IN. The van der Waals surface area contributed by atoms with Gasteiger partial charge in [0.05, 0.1) is 0 Å². The molecule has 1 atom stereocenters. The van der Waals surface area contributed by atoms with Gasteiger partial charge in [-0.2, -0.15) is 0 Å².